The molecule has 0 fully saturated rings. The van der Waals surface area contributed by atoms with E-state index in [1.54, 1.807) is 60.7 Å². The molecule has 350 valence electrons. The smallest absolute Gasteiger partial charge is 0.748 e. The zero-order chi connectivity index (χ0) is 47.3. The minimum absolute atomic E-state index is 0. The van der Waals surface area contributed by atoms with Crippen molar-refractivity contribution in [1.82, 2.24) is 4.90 Å². The largest absolute Gasteiger partial charge is 1.00 e. The summed E-state index contributed by atoms with van der Waals surface area (Å²) in [7, 11) is -16.9. The predicted molar refractivity (Wildman–Crippen MR) is 238 cm³/mol. The van der Waals surface area contributed by atoms with Gasteiger partial charge in [0.2, 0.25) is 0 Å². The second kappa shape index (κ2) is 30.9. The van der Waals surface area contributed by atoms with Crippen molar-refractivity contribution in [3.8, 4) is 0 Å². The Morgan fingerprint density at radius 3 is 0.897 bits per heavy atom. The summed E-state index contributed by atoms with van der Waals surface area (Å²) in [5, 5.41) is 0. The third kappa shape index (κ3) is 25.1. The molecule has 4 aromatic carbocycles. The summed E-state index contributed by atoms with van der Waals surface area (Å²) in [4.78, 5) is 32.8. The molecule has 4 rings (SSSR count). The Bertz CT molecular complexity index is 2650. The van der Waals surface area contributed by atoms with Gasteiger partial charge >= 0.3 is 130 Å². The van der Waals surface area contributed by atoms with Gasteiger partial charge < -0.3 is 23.1 Å². The van der Waals surface area contributed by atoms with Crippen LogP contribution >= 0.6 is 0 Å². The number of urea groups is 2. The van der Waals surface area contributed by atoms with Gasteiger partial charge in [0.05, 0.1) is 40.5 Å². The van der Waals surface area contributed by atoms with Gasteiger partial charge in [0.15, 0.2) is 0 Å². The normalized spacial score (nSPS) is 11.4. The van der Waals surface area contributed by atoms with Gasteiger partial charge in [0, 0.05) is 73.3 Å². The van der Waals surface area contributed by atoms with Crippen LogP contribution in [0.2, 0.25) is 0 Å². The Morgan fingerprint density at radius 1 is 0.397 bits per heavy atom. The molecule has 0 aromatic heterocycles. The molecule has 0 N–H and O–H groups in total. The molecule has 4 aromatic rings. The van der Waals surface area contributed by atoms with E-state index in [9.17, 15) is 61.5 Å². The fourth-order valence-corrected chi connectivity index (χ4v) is 8.62. The number of hydrogen-bond acceptors (Lipinski definition) is 14. The first kappa shape index (κ1) is 67.1. The van der Waals surface area contributed by atoms with E-state index in [1.165, 1.54) is 26.6 Å². The maximum absolute atomic E-state index is 14.4. The van der Waals surface area contributed by atoms with E-state index in [-0.39, 0.29) is 170 Å². The van der Waals surface area contributed by atoms with Crippen LogP contribution in [0.25, 0.3) is 0 Å². The molecular formula is C42H50N4Na4O14S4. The third-order valence-corrected chi connectivity index (χ3v) is 13.1. The van der Waals surface area contributed by atoms with Gasteiger partial charge in [-0.2, -0.15) is 0 Å². The first-order valence-electron chi connectivity index (χ1n) is 20.0. The maximum Gasteiger partial charge on any atom is 1.00 e. The summed E-state index contributed by atoms with van der Waals surface area (Å²) in [6, 6.07) is 27.1. The van der Waals surface area contributed by atoms with Gasteiger partial charge in [0.1, 0.15) is 0 Å². The monoisotopic (exact) mass is 1050 g/mol. The molecule has 18 nitrogen and oxygen atoms in total. The van der Waals surface area contributed by atoms with E-state index in [4.69, 9.17) is 0 Å². The number of rotatable bonds is 23. The molecule has 0 unspecified atom stereocenters. The number of nitrogens with zero attached hydrogens (tertiary/aromatic N) is 4. The zero-order valence-corrected chi connectivity index (χ0v) is 50.5. The average molecular weight is 1060 g/mol. The van der Waals surface area contributed by atoms with E-state index in [1.807, 2.05) is 43.3 Å². The van der Waals surface area contributed by atoms with Crippen LogP contribution in [-0.2, 0) is 53.3 Å². The molecule has 4 amide bonds. The zero-order valence-electron chi connectivity index (χ0n) is 39.3. The number of amides is 4. The van der Waals surface area contributed by atoms with Gasteiger partial charge in [-0.05, 0) is 104 Å². The minimum Gasteiger partial charge on any atom is -0.748 e. The second-order valence-electron chi connectivity index (χ2n) is 15.2. The van der Waals surface area contributed by atoms with E-state index in [0.29, 0.717) is 29.9 Å². The number of benzene rings is 4. The van der Waals surface area contributed by atoms with Crippen LogP contribution in [0.4, 0.5) is 26.7 Å². The second-order valence-corrected chi connectivity index (χ2v) is 21.3. The van der Waals surface area contributed by atoms with E-state index < -0.39 is 75.5 Å². The number of aryl methyl sites for hydroxylation is 1. The minimum atomic E-state index is -4.64. The summed E-state index contributed by atoms with van der Waals surface area (Å²) >= 11 is 0. The molecular weight excluding hydrogens is 1000 g/mol. The molecule has 0 heterocycles. The van der Waals surface area contributed by atoms with Crippen LogP contribution in [0.1, 0.15) is 53.5 Å². The van der Waals surface area contributed by atoms with Crippen LogP contribution in [0.3, 0.4) is 0 Å². The Balaban J connectivity index is 0.0000112. The first-order chi connectivity index (χ1) is 29.9. The summed E-state index contributed by atoms with van der Waals surface area (Å²) in [6.07, 6.45) is 0.238. The summed E-state index contributed by atoms with van der Waals surface area (Å²) < 4.78 is 136. The number of anilines is 3. The summed E-state index contributed by atoms with van der Waals surface area (Å²) in [5.74, 6) is -2.90. The quantitative estimate of drug-likeness (QED) is 0.0493. The van der Waals surface area contributed by atoms with E-state index in [2.05, 4.69) is 0 Å². The summed E-state index contributed by atoms with van der Waals surface area (Å²) in [6.45, 7) is 1.36. The molecule has 0 saturated heterocycles. The molecule has 0 saturated carbocycles. The van der Waals surface area contributed by atoms with Crippen LogP contribution in [-0.4, -0.2) is 125 Å². The Morgan fingerprint density at radius 2 is 0.632 bits per heavy atom. The van der Waals surface area contributed by atoms with Crippen molar-refractivity contribution in [3.63, 3.8) is 0 Å². The van der Waals surface area contributed by atoms with Crippen LogP contribution < -0.4 is 133 Å². The van der Waals surface area contributed by atoms with Crippen LogP contribution in [0, 0.1) is 6.92 Å². The molecule has 0 aliphatic rings. The van der Waals surface area contributed by atoms with Gasteiger partial charge in [-0.1, -0.05) is 66.2 Å². The van der Waals surface area contributed by atoms with Crippen LogP contribution in [0.15, 0.2) is 97.1 Å². The maximum atomic E-state index is 14.4. The molecule has 26 heteroatoms. The number of carbonyl (C=O) groups excluding carboxylic acids is 2. The topological polar surface area (TPSA) is 276 Å². The fourth-order valence-electron chi connectivity index (χ4n) is 6.69. The van der Waals surface area contributed by atoms with Gasteiger partial charge in [-0.15, -0.1) is 0 Å². The van der Waals surface area contributed by atoms with Crippen molar-refractivity contribution in [2.75, 3.05) is 70.9 Å². The summed E-state index contributed by atoms with van der Waals surface area (Å²) in [5.41, 5.74) is 5.70. The van der Waals surface area contributed by atoms with Crippen molar-refractivity contribution in [2.45, 2.75) is 45.4 Å². The third-order valence-electron chi connectivity index (χ3n) is 9.92. The Kier molecular flexibility index (Phi) is 30.5. The van der Waals surface area contributed by atoms with Crippen molar-refractivity contribution in [3.05, 3.63) is 125 Å². The van der Waals surface area contributed by atoms with Crippen molar-refractivity contribution in [2.24, 2.45) is 0 Å². The first-order valence-corrected chi connectivity index (χ1v) is 26.3. The van der Waals surface area contributed by atoms with Crippen molar-refractivity contribution < 1.29 is 180 Å². The van der Waals surface area contributed by atoms with Crippen molar-refractivity contribution in [1.29, 1.82) is 0 Å². The Labute approximate surface area is 489 Å². The molecule has 0 bridgehead atoms. The van der Waals surface area contributed by atoms with Crippen molar-refractivity contribution >= 4 is 69.6 Å². The SMILES string of the molecule is Cc1ccc(Cc2ccc(N(CCCS(=O)(=O)[O-])C(=O)N(CCCS(=O)(=O)[O-])c3ccc(Cc4ccc(N(CCCS(=O)(=O)[O-])C(=O)N(C)CCCS(=O)(=O)[O-])cc4)cc3)cc2)cc1.[Na+].[Na+].[Na+].[Na+]. The molecule has 0 aliphatic carbocycles. The van der Waals surface area contributed by atoms with Gasteiger partial charge in [-0.25, -0.2) is 43.3 Å². The van der Waals surface area contributed by atoms with E-state index >= 15 is 0 Å². The van der Waals surface area contributed by atoms with E-state index in [0.717, 1.165) is 27.8 Å². The fraction of sp³-hybridized carbons (Fsp3) is 0.381. The predicted octanol–water partition coefficient (Wildman–Crippen LogP) is -7.77. The molecule has 68 heavy (non-hydrogen) atoms. The standard InChI is InChI=1S/C42H54N4O14S4.4Na/c1-33-7-9-34(10-8-33)31-35-13-19-39(20-14-35)45(25-5-29-63(55,56)57)42(48)46(26-6-30-64(58,59)60)40-21-15-37(16-22-40)32-36-11-17-38(18-12-36)44(24-4-28-62(52,53)54)41(47)43(2)23-3-27-61(49,50)51;;;;/h7-22H,3-6,23-32H2,1-2H3,(H,49,50,51)(H,52,53,54)(H,55,56,57)(H,58,59,60);;;;/q;4*+1/p-4. The number of carbonyl (C=O) groups is 2. The molecule has 0 radical (unpaired) electrons. The number of hydrogen-bond donors (Lipinski definition) is 0. The van der Waals surface area contributed by atoms with Crippen LogP contribution in [0.5, 0.6) is 0 Å². The van der Waals surface area contributed by atoms with Gasteiger partial charge in [-0.3, -0.25) is 14.7 Å². The molecule has 0 atom stereocenters. The Hall–Kier alpha value is -0.940. The molecule has 0 spiro atoms. The van der Waals surface area contributed by atoms with Gasteiger partial charge in [0.25, 0.3) is 0 Å². The molecule has 0 aliphatic heterocycles. The average Bonchev–Trinajstić information content (AvgIpc) is 3.20.